The molecule has 10 heteroatoms. The van der Waals surface area contributed by atoms with Gasteiger partial charge >= 0.3 is 6.18 Å². The van der Waals surface area contributed by atoms with Crippen LogP contribution in [0.4, 0.5) is 19.0 Å². The highest BCUT2D eigenvalue weighted by molar-refractivity contribution is 6.10. The molecule has 2 aromatic heterocycles. The van der Waals surface area contributed by atoms with E-state index in [1.165, 1.54) is 6.07 Å². The van der Waals surface area contributed by atoms with Gasteiger partial charge in [0.2, 0.25) is 0 Å². The van der Waals surface area contributed by atoms with Crippen LogP contribution in [0.2, 0.25) is 0 Å². The molecule has 0 aliphatic carbocycles. The first-order chi connectivity index (χ1) is 16.2. The number of hydrogen-bond donors (Lipinski definition) is 1. The summed E-state index contributed by atoms with van der Waals surface area (Å²) in [5.74, 6) is 1.69. The van der Waals surface area contributed by atoms with Crippen molar-refractivity contribution in [3.63, 3.8) is 0 Å². The van der Waals surface area contributed by atoms with Gasteiger partial charge in [-0.05, 0) is 37.6 Å². The van der Waals surface area contributed by atoms with E-state index in [1.54, 1.807) is 30.8 Å². The summed E-state index contributed by atoms with van der Waals surface area (Å²) in [6, 6.07) is 6.73. The molecule has 1 saturated heterocycles. The number of halogens is 3. The van der Waals surface area contributed by atoms with E-state index in [4.69, 9.17) is 9.47 Å². The molecule has 2 atom stereocenters. The highest BCUT2D eigenvalue weighted by Crippen LogP contribution is 2.37. The monoisotopic (exact) mass is 471 g/mol. The van der Waals surface area contributed by atoms with Crippen LogP contribution in [0.15, 0.2) is 36.5 Å². The molecular formula is C24H24F3N5O2. The van der Waals surface area contributed by atoms with Crippen molar-refractivity contribution in [2.45, 2.75) is 38.6 Å². The van der Waals surface area contributed by atoms with Gasteiger partial charge in [0, 0.05) is 24.9 Å². The van der Waals surface area contributed by atoms with Gasteiger partial charge in [-0.3, -0.25) is 4.68 Å². The Kier molecular flexibility index (Phi) is 5.55. The summed E-state index contributed by atoms with van der Waals surface area (Å²) in [5, 5.41) is 9.21. The van der Waals surface area contributed by atoms with Crippen LogP contribution in [0.3, 0.4) is 0 Å². The lowest BCUT2D eigenvalue weighted by Crippen LogP contribution is -2.16. The minimum atomic E-state index is -4.41. The van der Waals surface area contributed by atoms with E-state index in [0.717, 1.165) is 29.5 Å². The summed E-state index contributed by atoms with van der Waals surface area (Å²) in [4.78, 5) is 9.22. The number of nitrogens with one attached hydrogen (secondary N) is 1. The highest BCUT2D eigenvalue weighted by Gasteiger charge is 2.31. The molecule has 0 saturated carbocycles. The van der Waals surface area contributed by atoms with Crippen LogP contribution in [0.25, 0.3) is 21.8 Å². The number of aromatic nitrogens is 4. The average Bonchev–Trinajstić information content (AvgIpc) is 3.44. The normalized spacial score (nSPS) is 17.4. The number of fused-ring (bicyclic) bond motifs is 3. The lowest BCUT2D eigenvalue weighted by Gasteiger charge is -2.19. The molecular weight excluding hydrogens is 447 g/mol. The van der Waals surface area contributed by atoms with Crippen molar-refractivity contribution in [1.29, 1.82) is 0 Å². The summed E-state index contributed by atoms with van der Waals surface area (Å²) in [6.45, 7) is 4.74. The van der Waals surface area contributed by atoms with Crippen LogP contribution < -0.4 is 10.1 Å². The first kappa shape index (κ1) is 22.4. The minimum absolute atomic E-state index is 0.0673. The Labute approximate surface area is 193 Å². The molecule has 4 aromatic rings. The van der Waals surface area contributed by atoms with Crippen molar-refractivity contribution in [2.75, 3.05) is 18.5 Å². The standard InChI is InChI=1S/C24H24F3N5O2/c1-13(15-5-4-6-16(9-15)24(25,26)27)29-23-18-10-20(34-17-7-8-33-12-17)22-19(11-28-32(22)3)21(18)30-14(2)31-23/h4-6,9-11,13,17H,7-8,12H2,1-3H3,(H,29,30,31). The zero-order valence-corrected chi connectivity index (χ0v) is 19.0. The summed E-state index contributed by atoms with van der Waals surface area (Å²) in [7, 11) is 1.84. The Morgan fingerprint density at radius 3 is 2.76 bits per heavy atom. The molecule has 0 radical (unpaired) electrons. The third-order valence-electron chi connectivity index (χ3n) is 6.01. The van der Waals surface area contributed by atoms with Gasteiger partial charge in [-0.2, -0.15) is 18.3 Å². The number of alkyl halides is 3. The molecule has 0 amide bonds. The quantitative estimate of drug-likeness (QED) is 0.432. The second kappa shape index (κ2) is 8.43. The molecule has 5 rings (SSSR count). The molecule has 1 fully saturated rings. The van der Waals surface area contributed by atoms with E-state index in [2.05, 4.69) is 20.4 Å². The predicted molar refractivity (Wildman–Crippen MR) is 122 cm³/mol. The van der Waals surface area contributed by atoms with Crippen LogP contribution in [0, 0.1) is 6.92 Å². The van der Waals surface area contributed by atoms with Crippen molar-refractivity contribution >= 4 is 27.6 Å². The third kappa shape index (κ3) is 4.13. The number of nitrogens with zero attached hydrogens (tertiary/aromatic N) is 4. The van der Waals surface area contributed by atoms with Gasteiger partial charge in [-0.1, -0.05) is 12.1 Å². The maximum atomic E-state index is 13.2. The van der Waals surface area contributed by atoms with Crippen molar-refractivity contribution in [1.82, 2.24) is 19.7 Å². The molecule has 1 N–H and O–H groups in total. The van der Waals surface area contributed by atoms with Gasteiger partial charge in [-0.25, -0.2) is 9.97 Å². The largest absolute Gasteiger partial charge is 0.486 e. The topological polar surface area (TPSA) is 74.1 Å². The summed E-state index contributed by atoms with van der Waals surface area (Å²) in [6.07, 6.45) is -1.94. The molecule has 2 unspecified atom stereocenters. The lowest BCUT2D eigenvalue weighted by molar-refractivity contribution is -0.137. The first-order valence-electron chi connectivity index (χ1n) is 11.0. The Morgan fingerprint density at radius 1 is 1.21 bits per heavy atom. The second-order valence-corrected chi connectivity index (χ2v) is 8.51. The zero-order valence-electron chi connectivity index (χ0n) is 19.0. The number of benzene rings is 2. The van der Waals surface area contributed by atoms with Gasteiger partial charge in [0.1, 0.15) is 29.0 Å². The number of aryl methyl sites for hydroxylation is 2. The van der Waals surface area contributed by atoms with Gasteiger partial charge in [-0.15, -0.1) is 0 Å². The fourth-order valence-corrected chi connectivity index (χ4v) is 4.28. The van der Waals surface area contributed by atoms with E-state index in [1.807, 2.05) is 13.1 Å². The van der Waals surface area contributed by atoms with Crippen LogP contribution in [-0.4, -0.2) is 39.1 Å². The van der Waals surface area contributed by atoms with Gasteiger partial charge in [0.25, 0.3) is 0 Å². The number of rotatable bonds is 5. The average molecular weight is 471 g/mol. The van der Waals surface area contributed by atoms with E-state index < -0.39 is 17.8 Å². The zero-order chi connectivity index (χ0) is 24.0. The molecule has 1 aliphatic rings. The smallest absolute Gasteiger partial charge is 0.416 e. The maximum absolute atomic E-state index is 13.2. The fraction of sp³-hybridized carbons (Fsp3) is 0.375. The van der Waals surface area contributed by atoms with Crippen molar-refractivity contribution in [3.8, 4) is 5.75 Å². The molecule has 0 spiro atoms. The Hall–Kier alpha value is -3.40. The van der Waals surface area contributed by atoms with E-state index in [9.17, 15) is 13.2 Å². The van der Waals surface area contributed by atoms with Crippen LogP contribution in [0.1, 0.15) is 36.3 Å². The number of hydrogen-bond acceptors (Lipinski definition) is 6. The third-order valence-corrected chi connectivity index (χ3v) is 6.01. The highest BCUT2D eigenvalue weighted by atomic mass is 19.4. The van der Waals surface area contributed by atoms with E-state index in [0.29, 0.717) is 47.1 Å². The minimum Gasteiger partial charge on any atom is -0.486 e. The number of ether oxygens (including phenoxy) is 2. The molecule has 1 aliphatic heterocycles. The van der Waals surface area contributed by atoms with Crippen molar-refractivity contribution in [3.05, 3.63) is 53.5 Å². The molecule has 2 aromatic carbocycles. The summed E-state index contributed by atoms with van der Waals surface area (Å²) >= 11 is 0. The Morgan fingerprint density at radius 2 is 2.03 bits per heavy atom. The van der Waals surface area contributed by atoms with Gasteiger partial charge < -0.3 is 14.8 Å². The van der Waals surface area contributed by atoms with E-state index >= 15 is 0 Å². The molecule has 34 heavy (non-hydrogen) atoms. The van der Waals surface area contributed by atoms with Crippen LogP contribution in [0.5, 0.6) is 5.75 Å². The lowest BCUT2D eigenvalue weighted by atomic mass is 10.0. The number of anilines is 1. The van der Waals surface area contributed by atoms with Crippen LogP contribution >= 0.6 is 0 Å². The van der Waals surface area contributed by atoms with E-state index in [-0.39, 0.29) is 6.10 Å². The van der Waals surface area contributed by atoms with Gasteiger partial charge in [0.05, 0.1) is 35.9 Å². The molecule has 0 bridgehead atoms. The Bertz CT molecular complexity index is 1360. The first-order valence-corrected chi connectivity index (χ1v) is 11.0. The summed E-state index contributed by atoms with van der Waals surface area (Å²) in [5.41, 5.74) is 1.33. The second-order valence-electron chi connectivity index (χ2n) is 8.51. The van der Waals surface area contributed by atoms with Crippen molar-refractivity contribution < 1.29 is 22.6 Å². The molecule has 178 valence electrons. The SMILES string of the molecule is Cc1nc(NC(C)c2cccc(C(F)(F)F)c2)c2cc(OC3CCOC3)c3c(cnn3C)c2n1. The fourth-order valence-electron chi connectivity index (χ4n) is 4.28. The maximum Gasteiger partial charge on any atom is 0.416 e. The van der Waals surface area contributed by atoms with Crippen LogP contribution in [-0.2, 0) is 18.0 Å². The molecule has 3 heterocycles. The summed E-state index contributed by atoms with van der Waals surface area (Å²) < 4.78 is 53.1. The van der Waals surface area contributed by atoms with Gasteiger partial charge in [0.15, 0.2) is 0 Å². The predicted octanol–water partition coefficient (Wildman–Crippen LogP) is 5.18. The molecule has 7 nitrogen and oxygen atoms in total. The van der Waals surface area contributed by atoms with Crippen molar-refractivity contribution in [2.24, 2.45) is 7.05 Å². The Balaban J connectivity index is 1.59.